The summed E-state index contributed by atoms with van der Waals surface area (Å²) in [7, 11) is 0. The first-order valence-corrected chi connectivity index (χ1v) is 5.59. The van der Waals surface area contributed by atoms with Crippen molar-refractivity contribution in [1.29, 1.82) is 0 Å². The van der Waals surface area contributed by atoms with Gasteiger partial charge in [-0.2, -0.15) is 0 Å². The third-order valence-corrected chi connectivity index (χ3v) is 3.37. The monoisotopic (exact) mass is 206 g/mol. The van der Waals surface area contributed by atoms with E-state index in [1.54, 1.807) is 0 Å². The van der Waals surface area contributed by atoms with E-state index in [-0.39, 0.29) is 0 Å². The van der Waals surface area contributed by atoms with Crippen molar-refractivity contribution in [1.82, 2.24) is 0 Å². The average molecular weight is 206 g/mol. The van der Waals surface area contributed by atoms with E-state index >= 15 is 0 Å². The van der Waals surface area contributed by atoms with Crippen molar-refractivity contribution < 1.29 is 10.2 Å². The Morgan fingerprint density at radius 1 is 1.13 bits per heavy atom. The quantitative estimate of drug-likeness (QED) is 0.779. The maximum atomic E-state index is 10.2. The van der Waals surface area contributed by atoms with Gasteiger partial charge in [-0.25, -0.2) is 0 Å². The highest BCUT2D eigenvalue weighted by molar-refractivity contribution is 5.25. The SMILES string of the molecule is Cc1ccc(C(O)C2(O)CCCC2)cc1. The highest BCUT2D eigenvalue weighted by Crippen LogP contribution is 2.39. The van der Waals surface area contributed by atoms with Crippen molar-refractivity contribution in [3.05, 3.63) is 35.4 Å². The Hall–Kier alpha value is -0.860. The number of aliphatic hydroxyl groups is 2. The molecule has 0 aromatic heterocycles. The second kappa shape index (κ2) is 3.95. The van der Waals surface area contributed by atoms with Gasteiger partial charge in [-0.3, -0.25) is 0 Å². The molecule has 0 spiro atoms. The van der Waals surface area contributed by atoms with Gasteiger partial charge in [-0.15, -0.1) is 0 Å². The van der Waals surface area contributed by atoms with Gasteiger partial charge < -0.3 is 10.2 Å². The minimum absolute atomic E-state index is 0.710. The van der Waals surface area contributed by atoms with E-state index in [0.717, 1.165) is 18.4 Å². The summed E-state index contributed by atoms with van der Waals surface area (Å²) < 4.78 is 0. The Kier molecular flexibility index (Phi) is 2.81. The first kappa shape index (κ1) is 10.7. The number of hydrogen-bond donors (Lipinski definition) is 2. The molecular formula is C13H18O2. The molecule has 0 radical (unpaired) electrons. The molecule has 0 aliphatic heterocycles. The normalized spacial score (nSPS) is 21.5. The third kappa shape index (κ3) is 2.06. The minimum atomic E-state index is -0.894. The molecule has 0 saturated heterocycles. The molecule has 1 aliphatic rings. The van der Waals surface area contributed by atoms with E-state index in [1.165, 1.54) is 5.56 Å². The molecule has 1 aromatic carbocycles. The average Bonchev–Trinajstić information content (AvgIpc) is 2.67. The van der Waals surface area contributed by atoms with E-state index in [4.69, 9.17) is 0 Å². The van der Waals surface area contributed by atoms with Crippen LogP contribution in [0.3, 0.4) is 0 Å². The maximum absolute atomic E-state index is 10.2. The topological polar surface area (TPSA) is 40.5 Å². The number of aryl methyl sites for hydroxylation is 1. The number of benzene rings is 1. The number of hydrogen-bond acceptors (Lipinski definition) is 2. The number of rotatable bonds is 2. The molecule has 82 valence electrons. The molecule has 1 aliphatic carbocycles. The summed E-state index contributed by atoms with van der Waals surface area (Å²) in [4.78, 5) is 0. The Morgan fingerprint density at radius 3 is 2.20 bits per heavy atom. The predicted octanol–water partition coefficient (Wildman–Crippen LogP) is 2.33. The molecule has 2 N–H and O–H groups in total. The van der Waals surface area contributed by atoms with Crippen LogP contribution in [0, 0.1) is 6.92 Å². The van der Waals surface area contributed by atoms with E-state index in [1.807, 2.05) is 31.2 Å². The zero-order chi connectivity index (χ0) is 10.9. The van der Waals surface area contributed by atoms with Crippen molar-refractivity contribution in [2.24, 2.45) is 0 Å². The summed E-state index contributed by atoms with van der Waals surface area (Å²) in [6, 6.07) is 7.74. The molecule has 0 heterocycles. The van der Waals surface area contributed by atoms with Gasteiger partial charge in [-0.1, -0.05) is 42.7 Å². The van der Waals surface area contributed by atoms with Crippen LogP contribution < -0.4 is 0 Å². The van der Waals surface area contributed by atoms with Crippen LogP contribution in [-0.4, -0.2) is 15.8 Å². The molecular weight excluding hydrogens is 188 g/mol. The van der Waals surface area contributed by atoms with Gasteiger partial charge in [0.1, 0.15) is 6.10 Å². The van der Waals surface area contributed by atoms with Gasteiger partial charge in [0.25, 0.3) is 0 Å². The van der Waals surface area contributed by atoms with Crippen LogP contribution >= 0.6 is 0 Å². The predicted molar refractivity (Wildman–Crippen MR) is 59.6 cm³/mol. The summed E-state index contributed by atoms with van der Waals surface area (Å²) in [6.07, 6.45) is 2.71. The second-order valence-corrected chi connectivity index (χ2v) is 4.62. The lowest BCUT2D eigenvalue weighted by molar-refractivity contribution is -0.0719. The van der Waals surface area contributed by atoms with Crippen LogP contribution in [0.4, 0.5) is 0 Å². The van der Waals surface area contributed by atoms with E-state index in [0.29, 0.717) is 12.8 Å². The van der Waals surface area contributed by atoms with E-state index < -0.39 is 11.7 Å². The Labute approximate surface area is 90.6 Å². The van der Waals surface area contributed by atoms with Crippen LogP contribution in [0.1, 0.15) is 42.9 Å². The summed E-state index contributed by atoms with van der Waals surface area (Å²) >= 11 is 0. The Morgan fingerprint density at radius 2 is 1.67 bits per heavy atom. The fourth-order valence-corrected chi connectivity index (χ4v) is 2.32. The molecule has 1 atom stereocenters. The fraction of sp³-hybridized carbons (Fsp3) is 0.538. The molecule has 0 bridgehead atoms. The highest BCUT2D eigenvalue weighted by Gasteiger charge is 2.39. The van der Waals surface area contributed by atoms with Crippen LogP contribution in [0.5, 0.6) is 0 Å². The Bertz CT molecular complexity index is 323. The lowest BCUT2D eigenvalue weighted by Crippen LogP contribution is -2.32. The largest absolute Gasteiger partial charge is 0.387 e. The molecule has 1 unspecified atom stereocenters. The molecule has 0 amide bonds. The molecule has 15 heavy (non-hydrogen) atoms. The standard InChI is InChI=1S/C13H18O2/c1-10-4-6-11(7-5-10)12(14)13(15)8-2-3-9-13/h4-7,12,14-15H,2-3,8-9H2,1H3. The van der Waals surface area contributed by atoms with Gasteiger partial charge in [0, 0.05) is 0 Å². The smallest absolute Gasteiger partial charge is 0.108 e. The third-order valence-electron chi connectivity index (χ3n) is 3.37. The van der Waals surface area contributed by atoms with Crippen molar-refractivity contribution in [2.45, 2.75) is 44.3 Å². The lowest BCUT2D eigenvalue weighted by Gasteiger charge is -2.28. The lowest BCUT2D eigenvalue weighted by atomic mass is 9.89. The van der Waals surface area contributed by atoms with Crippen molar-refractivity contribution in [3.8, 4) is 0 Å². The van der Waals surface area contributed by atoms with Crippen molar-refractivity contribution >= 4 is 0 Å². The molecule has 2 rings (SSSR count). The van der Waals surface area contributed by atoms with Crippen LogP contribution in [-0.2, 0) is 0 Å². The summed E-state index contributed by atoms with van der Waals surface area (Å²) in [5.41, 5.74) is 1.10. The van der Waals surface area contributed by atoms with Gasteiger partial charge >= 0.3 is 0 Å². The van der Waals surface area contributed by atoms with Crippen LogP contribution in [0.2, 0.25) is 0 Å². The van der Waals surface area contributed by atoms with Gasteiger partial charge in [-0.05, 0) is 25.3 Å². The van der Waals surface area contributed by atoms with Crippen LogP contribution in [0.25, 0.3) is 0 Å². The summed E-state index contributed by atoms with van der Waals surface area (Å²) in [5, 5.41) is 20.4. The minimum Gasteiger partial charge on any atom is -0.387 e. The first-order chi connectivity index (χ1) is 7.12. The van der Waals surface area contributed by atoms with Crippen LogP contribution in [0.15, 0.2) is 24.3 Å². The molecule has 1 aromatic rings. The zero-order valence-corrected chi connectivity index (χ0v) is 9.11. The first-order valence-electron chi connectivity index (χ1n) is 5.59. The van der Waals surface area contributed by atoms with E-state index in [9.17, 15) is 10.2 Å². The molecule has 2 heteroatoms. The van der Waals surface area contributed by atoms with E-state index in [2.05, 4.69) is 0 Å². The Balaban J connectivity index is 2.19. The van der Waals surface area contributed by atoms with Gasteiger partial charge in [0.2, 0.25) is 0 Å². The summed E-state index contributed by atoms with van der Waals surface area (Å²) in [5.74, 6) is 0. The van der Waals surface area contributed by atoms with Crippen molar-refractivity contribution in [3.63, 3.8) is 0 Å². The maximum Gasteiger partial charge on any atom is 0.108 e. The second-order valence-electron chi connectivity index (χ2n) is 4.62. The highest BCUT2D eigenvalue weighted by atomic mass is 16.3. The molecule has 2 nitrogen and oxygen atoms in total. The molecule has 1 saturated carbocycles. The zero-order valence-electron chi connectivity index (χ0n) is 9.11. The van der Waals surface area contributed by atoms with Gasteiger partial charge in [0.05, 0.1) is 5.60 Å². The van der Waals surface area contributed by atoms with Gasteiger partial charge in [0.15, 0.2) is 0 Å². The van der Waals surface area contributed by atoms with Crippen molar-refractivity contribution in [2.75, 3.05) is 0 Å². The molecule has 1 fully saturated rings. The fourth-order valence-electron chi connectivity index (χ4n) is 2.32. The summed E-state index contributed by atoms with van der Waals surface area (Å²) in [6.45, 7) is 2.01. The number of aliphatic hydroxyl groups excluding tert-OH is 1.